The van der Waals surface area contributed by atoms with Crippen molar-refractivity contribution in [2.45, 2.75) is 32.2 Å². The number of anilines is 1. The number of rotatable bonds is 7. The van der Waals surface area contributed by atoms with Gasteiger partial charge in [0.05, 0.1) is 36.0 Å². The normalized spacial score (nSPS) is 14.0. The molecule has 0 saturated carbocycles. The molecule has 8 nitrogen and oxygen atoms in total. The molecule has 3 N–H and O–H groups in total. The number of aryl methyl sites for hydroxylation is 1. The van der Waals surface area contributed by atoms with Gasteiger partial charge < -0.3 is 20.4 Å². The molecule has 1 aliphatic heterocycles. The number of benzene rings is 2. The summed E-state index contributed by atoms with van der Waals surface area (Å²) in [5, 5.41) is 26.1. The lowest BCUT2D eigenvalue weighted by Gasteiger charge is -2.21. The number of carbonyl (C=O) groups excluding carboxylic acids is 1. The first-order valence-electron chi connectivity index (χ1n) is 10.8. The number of nitrogens with one attached hydrogen (secondary N) is 1. The Morgan fingerprint density at radius 3 is 2.49 bits per heavy atom. The van der Waals surface area contributed by atoms with Crippen LogP contribution in [0, 0.1) is 6.92 Å². The number of aliphatic hydroxyl groups is 1. The number of amides is 1. The molecule has 184 valence electrons. The molecule has 1 aliphatic rings. The van der Waals surface area contributed by atoms with Crippen LogP contribution in [0.4, 0.5) is 19.0 Å². The summed E-state index contributed by atoms with van der Waals surface area (Å²) in [5.41, 5.74) is 1.03. The van der Waals surface area contributed by atoms with Crippen LogP contribution >= 0.6 is 0 Å². The fraction of sp³-hybridized carbons (Fsp3) is 0.292. The van der Waals surface area contributed by atoms with Crippen LogP contribution in [0.25, 0.3) is 0 Å². The molecule has 0 unspecified atom stereocenters. The molecule has 4 rings (SSSR count). The van der Waals surface area contributed by atoms with Gasteiger partial charge in [0.15, 0.2) is 0 Å². The van der Waals surface area contributed by atoms with E-state index in [0.717, 1.165) is 12.1 Å². The van der Waals surface area contributed by atoms with Gasteiger partial charge in [-0.25, -0.2) is 9.48 Å². The van der Waals surface area contributed by atoms with E-state index in [0.29, 0.717) is 35.7 Å². The van der Waals surface area contributed by atoms with Crippen LogP contribution < -0.4 is 10.2 Å². The molecular weight excluding hydrogens is 465 g/mol. The Kier molecular flexibility index (Phi) is 6.53. The van der Waals surface area contributed by atoms with E-state index >= 15 is 0 Å². The minimum atomic E-state index is -4.45. The van der Waals surface area contributed by atoms with Gasteiger partial charge in [0, 0.05) is 13.1 Å². The van der Waals surface area contributed by atoms with Gasteiger partial charge in [0.1, 0.15) is 11.4 Å². The lowest BCUT2D eigenvalue weighted by Crippen LogP contribution is -2.32. The second-order valence-electron chi connectivity index (χ2n) is 8.26. The zero-order valence-corrected chi connectivity index (χ0v) is 18.7. The van der Waals surface area contributed by atoms with Gasteiger partial charge in [-0.15, -0.1) is 0 Å². The van der Waals surface area contributed by atoms with E-state index in [2.05, 4.69) is 10.4 Å². The van der Waals surface area contributed by atoms with Gasteiger partial charge >= 0.3 is 12.1 Å². The van der Waals surface area contributed by atoms with Gasteiger partial charge in [0.25, 0.3) is 5.91 Å². The minimum absolute atomic E-state index is 0.0762. The number of carboxylic acid groups (broad SMARTS) is 1. The summed E-state index contributed by atoms with van der Waals surface area (Å²) >= 11 is 0. The molecule has 0 aliphatic carbocycles. The summed E-state index contributed by atoms with van der Waals surface area (Å²) in [7, 11) is 0. The molecule has 0 saturated heterocycles. The van der Waals surface area contributed by atoms with Crippen molar-refractivity contribution < 1.29 is 33.0 Å². The van der Waals surface area contributed by atoms with Gasteiger partial charge in [-0.05, 0) is 42.3 Å². The van der Waals surface area contributed by atoms with Crippen LogP contribution in [-0.2, 0) is 19.3 Å². The van der Waals surface area contributed by atoms with E-state index in [9.17, 15) is 27.9 Å². The van der Waals surface area contributed by atoms with Gasteiger partial charge in [-0.2, -0.15) is 18.3 Å². The lowest BCUT2D eigenvalue weighted by atomic mass is 10.0. The highest BCUT2D eigenvalue weighted by atomic mass is 19.4. The number of fused-ring (bicyclic) bond motifs is 1. The van der Waals surface area contributed by atoms with E-state index in [1.165, 1.54) is 30.3 Å². The molecule has 3 aromatic rings. The summed E-state index contributed by atoms with van der Waals surface area (Å²) in [6, 6.07) is 10.1. The molecule has 1 atom stereocenters. The average molecular weight is 488 g/mol. The third kappa shape index (κ3) is 4.99. The number of aromatic carboxylic acids is 1. The van der Waals surface area contributed by atoms with E-state index in [4.69, 9.17) is 5.11 Å². The van der Waals surface area contributed by atoms with Gasteiger partial charge in [0.2, 0.25) is 0 Å². The first-order valence-corrected chi connectivity index (χ1v) is 10.8. The van der Waals surface area contributed by atoms with Crippen LogP contribution in [-0.4, -0.2) is 45.0 Å². The van der Waals surface area contributed by atoms with Crippen molar-refractivity contribution in [1.82, 2.24) is 15.1 Å². The largest absolute Gasteiger partial charge is 0.478 e. The van der Waals surface area contributed by atoms with Crippen molar-refractivity contribution in [2.75, 3.05) is 18.1 Å². The zero-order valence-electron chi connectivity index (χ0n) is 18.7. The fourth-order valence-electron chi connectivity index (χ4n) is 4.18. The predicted octanol–water partition coefficient (Wildman–Crippen LogP) is 3.39. The van der Waals surface area contributed by atoms with Crippen molar-refractivity contribution in [3.63, 3.8) is 0 Å². The molecule has 0 spiro atoms. The van der Waals surface area contributed by atoms with Crippen molar-refractivity contribution >= 4 is 17.7 Å². The maximum absolute atomic E-state index is 13.2. The number of carboxylic acids is 1. The smallest absolute Gasteiger partial charge is 0.416 e. The first kappa shape index (κ1) is 24.3. The Balaban J connectivity index is 1.57. The summed E-state index contributed by atoms with van der Waals surface area (Å²) in [6.07, 6.45) is -4.45. The Morgan fingerprint density at radius 2 is 1.86 bits per heavy atom. The number of hydrogen-bond donors (Lipinski definition) is 3. The van der Waals surface area contributed by atoms with Crippen LogP contribution in [0.5, 0.6) is 0 Å². The Hall–Kier alpha value is -3.86. The Morgan fingerprint density at radius 1 is 1.14 bits per heavy atom. The van der Waals surface area contributed by atoms with E-state index < -0.39 is 36.3 Å². The number of aliphatic hydroxyl groups excluding tert-OH is 1. The monoisotopic (exact) mass is 488 g/mol. The van der Waals surface area contributed by atoms with E-state index in [-0.39, 0.29) is 17.7 Å². The molecule has 2 aromatic carbocycles. The predicted molar refractivity (Wildman–Crippen MR) is 120 cm³/mol. The maximum Gasteiger partial charge on any atom is 0.416 e. The van der Waals surface area contributed by atoms with Crippen molar-refractivity contribution in [3.8, 4) is 0 Å². The van der Waals surface area contributed by atoms with Crippen molar-refractivity contribution in [2.24, 2.45) is 0 Å². The average Bonchev–Trinajstić information content (AvgIpc) is 3.35. The molecular formula is C24H23F3N4O4. The third-order valence-corrected chi connectivity index (χ3v) is 5.88. The lowest BCUT2D eigenvalue weighted by molar-refractivity contribution is -0.137. The minimum Gasteiger partial charge on any atom is -0.478 e. The second-order valence-corrected chi connectivity index (χ2v) is 8.26. The molecule has 11 heteroatoms. The first-order chi connectivity index (χ1) is 16.6. The number of nitrogens with zero attached hydrogens (tertiary/aromatic N) is 3. The SMILES string of the molecule is Cc1nn2c(c1C(=O)N[C@@H](CO)c1ccc(C(=O)O)cc1)N(Cc1cccc(C(F)(F)F)c1)CC2. The van der Waals surface area contributed by atoms with E-state index in [1.807, 2.05) is 0 Å². The van der Waals surface area contributed by atoms with Crippen LogP contribution in [0.3, 0.4) is 0 Å². The molecule has 0 radical (unpaired) electrons. The molecule has 1 aromatic heterocycles. The number of carbonyl (C=O) groups is 2. The van der Waals surface area contributed by atoms with Crippen molar-refractivity contribution in [3.05, 3.63) is 82.0 Å². The molecule has 0 bridgehead atoms. The summed E-state index contributed by atoms with van der Waals surface area (Å²) in [6.45, 7) is 2.35. The van der Waals surface area contributed by atoms with E-state index in [1.54, 1.807) is 22.6 Å². The quantitative estimate of drug-likeness (QED) is 0.471. The number of aromatic nitrogens is 2. The molecule has 2 heterocycles. The highest BCUT2D eigenvalue weighted by Gasteiger charge is 2.33. The second kappa shape index (κ2) is 9.41. The number of halogens is 3. The standard InChI is InChI=1S/C24H23F3N4O4/c1-14-20(21(33)28-19(13-32)16-5-7-17(8-6-16)23(34)35)22-30(9-10-31(22)29-14)12-15-3-2-4-18(11-15)24(25,26)27/h2-8,11,19,32H,9-10,12-13H2,1H3,(H,28,33)(H,34,35)/t19-/m0/s1. The van der Waals surface area contributed by atoms with Crippen LogP contribution in [0.15, 0.2) is 48.5 Å². The molecule has 0 fully saturated rings. The molecule has 35 heavy (non-hydrogen) atoms. The fourth-order valence-corrected chi connectivity index (χ4v) is 4.18. The van der Waals surface area contributed by atoms with Gasteiger partial charge in [-0.1, -0.05) is 24.3 Å². The summed E-state index contributed by atoms with van der Waals surface area (Å²) in [5.74, 6) is -1.09. The zero-order chi connectivity index (χ0) is 25.3. The highest BCUT2D eigenvalue weighted by molar-refractivity contribution is 6.00. The van der Waals surface area contributed by atoms with Crippen LogP contribution in [0.1, 0.15) is 49.1 Å². The molecule has 1 amide bonds. The number of hydrogen-bond acceptors (Lipinski definition) is 5. The highest BCUT2D eigenvalue weighted by Crippen LogP contribution is 2.33. The summed E-state index contributed by atoms with van der Waals surface area (Å²) < 4.78 is 41.0. The summed E-state index contributed by atoms with van der Waals surface area (Å²) in [4.78, 5) is 26.1. The Labute approximate surface area is 198 Å². The number of alkyl halides is 3. The van der Waals surface area contributed by atoms with Crippen LogP contribution in [0.2, 0.25) is 0 Å². The third-order valence-electron chi connectivity index (χ3n) is 5.88. The maximum atomic E-state index is 13.2. The Bertz CT molecular complexity index is 1250. The van der Waals surface area contributed by atoms with Crippen molar-refractivity contribution in [1.29, 1.82) is 0 Å². The topological polar surface area (TPSA) is 108 Å². The van der Waals surface area contributed by atoms with Gasteiger partial charge in [-0.3, -0.25) is 4.79 Å².